The molecule has 1 fully saturated rings. The molecule has 0 radical (unpaired) electrons. The van der Waals surface area contributed by atoms with Crippen LogP contribution in [0.4, 0.5) is 4.79 Å². The Labute approximate surface area is 117 Å². The molecule has 7 heteroatoms. The van der Waals surface area contributed by atoms with Gasteiger partial charge in [-0.15, -0.1) is 0 Å². The zero-order valence-electron chi connectivity index (χ0n) is 11.7. The largest absolute Gasteiger partial charge is 0.481 e. The second kappa shape index (κ2) is 7.72. The number of aliphatic carboxylic acids is 2. The normalized spacial score (nSPS) is 20.2. The quantitative estimate of drug-likeness (QED) is 0.681. The molecule has 1 unspecified atom stereocenters. The fourth-order valence-electron chi connectivity index (χ4n) is 2.35. The van der Waals surface area contributed by atoms with Crippen molar-refractivity contribution in [3.8, 4) is 0 Å². The maximum absolute atomic E-state index is 12.1. The van der Waals surface area contributed by atoms with Gasteiger partial charge in [0.2, 0.25) is 0 Å². The Morgan fingerprint density at radius 2 is 2.00 bits per heavy atom. The standard InChI is InChI=1S/C13H22N2O5/c1-9-5-2-3-8-15(9)13(20)14-10(12(18)19)6-4-7-11(16)17/h9-10H,2-8H2,1H3,(H,14,20)(H,16,17)(H,18,19)/t9?,10-/m1/s1. The van der Waals surface area contributed by atoms with Gasteiger partial charge in [0.25, 0.3) is 0 Å². The van der Waals surface area contributed by atoms with E-state index in [2.05, 4.69) is 5.32 Å². The van der Waals surface area contributed by atoms with Crippen LogP contribution in [-0.4, -0.2) is 51.7 Å². The molecule has 114 valence electrons. The van der Waals surface area contributed by atoms with E-state index >= 15 is 0 Å². The molecule has 2 atom stereocenters. The monoisotopic (exact) mass is 286 g/mol. The van der Waals surface area contributed by atoms with Crippen molar-refractivity contribution in [3.63, 3.8) is 0 Å². The van der Waals surface area contributed by atoms with Crippen molar-refractivity contribution in [1.82, 2.24) is 10.2 Å². The summed E-state index contributed by atoms with van der Waals surface area (Å²) in [6.07, 6.45) is 3.17. The lowest BCUT2D eigenvalue weighted by Gasteiger charge is -2.34. The number of nitrogens with one attached hydrogen (secondary N) is 1. The molecule has 0 saturated carbocycles. The molecule has 7 nitrogen and oxygen atoms in total. The van der Waals surface area contributed by atoms with E-state index in [0.717, 1.165) is 19.3 Å². The van der Waals surface area contributed by atoms with E-state index in [1.54, 1.807) is 4.90 Å². The molecule has 0 spiro atoms. The molecule has 1 rings (SSSR count). The third-order valence-electron chi connectivity index (χ3n) is 3.54. The van der Waals surface area contributed by atoms with Crippen LogP contribution in [0, 0.1) is 0 Å². The smallest absolute Gasteiger partial charge is 0.326 e. The Hall–Kier alpha value is -1.79. The lowest BCUT2D eigenvalue weighted by Crippen LogP contribution is -2.52. The predicted molar refractivity (Wildman–Crippen MR) is 71.5 cm³/mol. The van der Waals surface area contributed by atoms with Crippen LogP contribution < -0.4 is 5.32 Å². The molecular weight excluding hydrogens is 264 g/mol. The summed E-state index contributed by atoms with van der Waals surface area (Å²) in [5, 5.41) is 20.1. The van der Waals surface area contributed by atoms with Gasteiger partial charge < -0.3 is 20.4 Å². The summed E-state index contributed by atoms with van der Waals surface area (Å²) in [4.78, 5) is 35.2. The van der Waals surface area contributed by atoms with Crippen molar-refractivity contribution in [1.29, 1.82) is 0 Å². The molecular formula is C13H22N2O5. The Morgan fingerprint density at radius 1 is 1.30 bits per heavy atom. The Kier molecular flexibility index (Phi) is 6.27. The van der Waals surface area contributed by atoms with Gasteiger partial charge in [0.05, 0.1) is 0 Å². The van der Waals surface area contributed by atoms with Crippen molar-refractivity contribution < 1.29 is 24.6 Å². The van der Waals surface area contributed by atoms with Crippen molar-refractivity contribution in [3.05, 3.63) is 0 Å². The molecule has 1 saturated heterocycles. The number of carboxylic acid groups (broad SMARTS) is 2. The number of urea groups is 1. The lowest BCUT2D eigenvalue weighted by atomic mass is 10.0. The van der Waals surface area contributed by atoms with Gasteiger partial charge in [-0.1, -0.05) is 0 Å². The molecule has 20 heavy (non-hydrogen) atoms. The summed E-state index contributed by atoms with van der Waals surface area (Å²) in [5.74, 6) is -2.10. The van der Waals surface area contributed by atoms with Gasteiger partial charge in [0.15, 0.2) is 0 Å². The van der Waals surface area contributed by atoms with Crippen LogP contribution in [0.3, 0.4) is 0 Å². The number of carbonyl (C=O) groups excluding carboxylic acids is 1. The second-order valence-electron chi connectivity index (χ2n) is 5.16. The van der Waals surface area contributed by atoms with Crippen LogP contribution in [-0.2, 0) is 9.59 Å². The van der Waals surface area contributed by atoms with Crippen LogP contribution in [0.1, 0.15) is 45.4 Å². The minimum absolute atomic E-state index is 0.0975. The third kappa shape index (κ3) is 5.07. The number of carboxylic acids is 2. The van der Waals surface area contributed by atoms with E-state index < -0.39 is 18.0 Å². The topological polar surface area (TPSA) is 107 Å². The number of hydrogen-bond acceptors (Lipinski definition) is 3. The molecule has 2 amide bonds. The highest BCUT2D eigenvalue weighted by molar-refractivity contribution is 5.82. The Balaban J connectivity index is 2.49. The molecule has 3 N–H and O–H groups in total. The van der Waals surface area contributed by atoms with Gasteiger partial charge in [0, 0.05) is 19.0 Å². The fraction of sp³-hybridized carbons (Fsp3) is 0.769. The van der Waals surface area contributed by atoms with E-state index in [9.17, 15) is 14.4 Å². The zero-order valence-corrected chi connectivity index (χ0v) is 11.7. The first-order valence-electron chi connectivity index (χ1n) is 6.93. The molecule has 0 aromatic rings. The maximum atomic E-state index is 12.1. The first-order chi connectivity index (χ1) is 9.41. The zero-order chi connectivity index (χ0) is 15.1. The van der Waals surface area contributed by atoms with Crippen LogP contribution in [0.25, 0.3) is 0 Å². The first kappa shape index (κ1) is 16.3. The summed E-state index contributed by atoms with van der Waals surface area (Å²) in [6, 6.07) is -1.30. The second-order valence-corrected chi connectivity index (χ2v) is 5.16. The van der Waals surface area contributed by atoms with Crippen molar-refractivity contribution in [2.75, 3.05) is 6.54 Å². The highest BCUT2D eigenvalue weighted by Crippen LogP contribution is 2.16. The number of carbonyl (C=O) groups is 3. The van der Waals surface area contributed by atoms with Crippen LogP contribution in [0.15, 0.2) is 0 Å². The van der Waals surface area contributed by atoms with E-state index in [4.69, 9.17) is 10.2 Å². The Bertz CT molecular complexity index is 372. The number of amides is 2. The van der Waals surface area contributed by atoms with Crippen molar-refractivity contribution >= 4 is 18.0 Å². The van der Waals surface area contributed by atoms with Gasteiger partial charge in [0.1, 0.15) is 6.04 Å². The van der Waals surface area contributed by atoms with Crippen molar-refractivity contribution in [2.24, 2.45) is 0 Å². The van der Waals surface area contributed by atoms with Crippen LogP contribution >= 0.6 is 0 Å². The molecule has 0 aromatic heterocycles. The van der Waals surface area contributed by atoms with Crippen LogP contribution in [0.5, 0.6) is 0 Å². The minimum Gasteiger partial charge on any atom is -0.481 e. The van der Waals surface area contributed by atoms with E-state index in [0.29, 0.717) is 6.54 Å². The number of rotatable bonds is 6. The van der Waals surface area contributed by atoms with Crippen LogP contribution in [0.2, 0.25) is 0 Å². The number of likely N-dealkylation sites (tertiary alicyclic amines) is 1. The summed E-state index contributed by atoms with van der Waals surface area (Å²) >= 11 is 0. The molecule has 0 aromatic carbocycles. The van der Waals surface area contributed by atoms with Gasteiger partial charge in [-0.05, 0) is 39.0 Å². The summed E-state index contributed by atoms with van der Waals surface area (Å²) in [6.45, 7) is 2.58. The molecule has 1 heterocycles. The van der Waals surface area contributed by atoms with Gasteiger partial charge in [-0.25, -0.2) is 9.59 Å². The SMILES string of the molecule is CC1CCCCN1C(=O)N[C@H](CCCC(=O)O)C(=O)O. The maximum Gasteiger partial charge on any atom is 0.326 e. The van der Waals surface area contributed by atoms with Gasteiger partial charge >= 0.3 is 18.0 Å². The average Bonchev–Trinajstić information content (AvgIpc) is 2.37. The third-order valence-corrected chi connectivity index (χ3v) is 3.54. The Morgan fingerprint density at radius 3 is 2.55 bits per heavy atom. The van der Waals surface area contributed by atoms with E-state index in [-0.39, 0.29) is 31.3 Å². The molecule has 0 aliphatic carbocycles. The fourth-order valence-corrected chi connectivity index (χ4v) is 2.35. The van der Waals surface area contributed by atoms with E-state index in [1.165, 1.54) is 0 Å². The molecule has 1 aliphatic heterocycles. The predicted octanol–water partition coefficient (Wildman–Crippen LogP) is 1.28. The summed E-state index contributed by atoms with van der Waals surface area (Å²) < 4.78 is 0. The first-order valence-corrected chi connectivity index (χ1v) is 6.93. The average molecular weight is 286 g/mol. The van der Waals surface area contributed by atoms with Crippen molar-refractivity contribution in [2.45, 2.75) is 57.5 Å². The van der Waals surface area contributed by atoms with Gasteiger partial charge in [-0.3, -0.25) is 4.79 Å². The lowest BCUT2D eigenvalue weighted by molar-refractivity contribution is -0.140. The summed E-state index contributed by atoms with van der Waals surface area (Å²) in [7, 11) is 0. The summed E-state index contributed by atoms with van der Waals surface area (Å²) in [5.41, 5.74) is 0. The number of hydrogen-bond donors (Lipinski definition) is 3. The molecule has 0 bridgehead atoms. The van der Waals surface area contributed by atoms with Gasteiger partial charge in [-0.2, -0.15) is 0 Å². The highest BCUT2D eigenvalue weighted by Gasteiger charge is 2.27. The van der Waals surface area contributed by atoms with E-state index in [1.807, 2.05) is 6.92 Å². The molecule has 1 aliphatic rings. The minimum atomic E-state index is -1.13. The highest BCUT2D eigenvalue weighted by atomic mass is 16.4. The number of piperidine rings is 1. The number of nitrogens with zero attached hydrogens (tertiary/aromatic N) is 1.